The molecule has 0 radical (unpaired) electrons. The van der Waals surface area contributed by atoms with Gasteiger partial charge in [0.1, 0.15) is 0 Å². The molecule has 1 aromatic carbocycles. The summed E-state index contributed by atoms with van der Waals surface area (Å²) >= 11 is 0. The van der Waals surface area contributed by atoms with Crippen LogP contribution in [0.5, 0.6) is 0 Å². The van der Waals surface area contributed by atoms with Gasteiger partial charge < -0.3 is 10.1 Å². The van der Waals surface area contributed by atoms with Gasteiger partial charge in [0.2, 0.25) is 0 Å². The van der Waals surface area contributed by atoms with E-state index in [4.69, 9.17) is 4.74 Å². The Balaban J connectivity index is 2.63. The van der Waals surface area contributed by atoms with Crippen molar-refractivity contribution in [3.63, 3.8) is 0 Å². The van der Waals surface area contributed by atoms with Gasteiger partial charge in [0.15, 0.2) is 11.9 Å². The number of ketones is 1. The first kappa shape index (κ1) is 15.9. The maximum Gasteiger partial charge on any atom is 0.306 e. The molecule has 20 heavy (non-hydrogen) atoms. The number of benzene rings is 1. The Kier molecular flexibility index (Phi) is 5.90. The standard InChI is InChI=1S/C15H19NO4/c1-4-6-14(18)20-11(3)15(19)16-13-8-5-7-12(9-13)10(2)17/h5,7-9,11H,4,6H2,1-3H3,(H,16,19)/t11-/m1/s1. The summed E-state index contributed by atoms with van der Waals surface area (Å²) in [5, 5.41) is 2.62. The van der Waals surface area contributed by atoms with Crippen LogP contribution in [0.3, 0.4) is 0 Å². The van der Waals surface area contributed by atoms with Crippen LogP contribution < -0.4 is 5.32 Å². The largest absolute Gasteiger partial charge is 0.453 e. The molecule has 5 nitrogen and oxygen atoms in total. The molecule has 1 amide bonds. The van der Waals surface area contributed by atoms with E-state index in [1.165, 1.54) is 13.8 Å². The van der Waals surface area contributed by atoms with Crippen molar-refractivity contribution in [3.05, 3.63) is 29.8 Å². The molecule has 0 aliphatic carbocycles. The number of nitrogens with one attached hydrogen (secondary N) is 1. The third-order valence-corrected chi connectivity index (χ3v) is 2.67. The predicted octanol–water partition coefficient (Wildman–Crippen LogP) is 2.56. The van der Waals surface area contributed by atoms with E-state index in [0.717, 1.165) is 0 Å². The summed E-state index contributed by atoms with van der Waals surface area (Å²) in [6, 6.07) is 6.61. The molecule has 0 unspecified atom stereocenters. The number of carbonyl (C=O) groups is 3. The first-order chi connectivity index (χ1) is 9.43. The predicted molar refractivity (Wildman–Crippen MR) is 75.5 cm³/mol. The fraction of sp³-hybridized carbons (Fsp3) is 0.400. The Hall–Kier alpha value is -2.17. The number of hydrogen-bond donors (Lipinski definition) is 1. The molecule has 0 saturated heterocycles. The van der Waals surface area contributed by atoms with Gasteiger partial charge in [-0.15, -0.1) is 0 Å². The molecule has 0 saturated carbocycles. The second kappa shape index (κ2) is 7.43. The van der Waals surface area contributed by atoms with E-state index in [0.29, 0.717) is 17.7 Å². The van der Waals surface area contributed by atoms with Crippen LogP contribution in [0.4, 0.5) is 5.69 Å². The molecule has 0 heterocycles. The summed E-state index contributed by atoms with van der Waals surface area (Å²) in [7, 11) is 0. The van der Waals surface area contributed by atoms with Crippen LogP contribution in [0.15, 0.2) is 24.3 Å². The average molecular weight is 277 g/mol. The van der Waals surface area contributed by atoms with Crippen molar-refractivity contribution in [1.82, 2.24) is 0 Å². The number of carbonyl (C=O) groups excluding carboxylic acids is 3. The maximum atomic E-state index is 11.9. The molecule has 0 fully saturated rings. The van der Waals surface area contributed by atoms with Gasteiger partial charge in [0.25, 0.3) is 5.91 Å². The highest BCUT2D eigenvalue weighted by atomic mass is 16.5. The number of anilines is 1. The van der Waals surface area contributed by atoms with Crippen LogP contribution in [0, 0.1) is 0 Å². The minimum Gasteiger partial charge on any atom is -0.453 e. The zero-order valence-electron chi connectivity index (χ0n) is 11.9. The van der Waals surface area contributed by atoms with Gasteiger partial charge in [-0.05, 0) is 32.4 Å². The monoisotopic (exact) mass is 277 g/mol. The number of rotatable bonds is 6. The van der Waals surface area contributed by atoms with E-state index in [9.17, 15) is 14.4 Å². The Morgan fingerprint density at radius 2 is 2.00 bits per heavy atom. The molecule has 1 aromatic rings. The summed E-state index contributed by atoms with van der Waals surface area (Å²) in [4.78, 5) is 34.4. The SMILES string of the molecule is CCCC(=O)O[C@H](C)C(=O)Nc1cccc(C(C)=O)c1. The van der Waals surface area contributed by atoms with Gasteiger partial charge >= 0.3 is 5.97 Å². The number of esters is 1. The summed E-state index contributed by atoms with van der Waals surface area (Å²) in [5.74, 6) is -0.897. The lowest BCUT2D eigenvalue weighted by atomic mass is 10.1. The van der Waals surface area contributed by atoms with Crippen LogP contribution in [0.25, 0.3) is 0 Å². The lowest BCUT2D eigenvalue weighted by Gasteiger charge is -2.13. The molecule has 0 aromatic heterocycles. The second-order valence-electron chi connectivity index (χ2n) is 4.51. The third kappa shape index (κ3) is 4.84. The van der Waals surface area contributed by atoms with Crippen molar-refractivity contribution in [2.75, 3.05) is 5.32 Å². The molecule has 1 rings (SSSR count). The van der Waals surface area contributed by atoms with Crippen molar-refractivity contribution in [1.29, 1.82) is 0 Å². The van der Waals surface area contributed by atoms with Crippen LogP contribution in [0.1, 0.15) is 44.0 Å². The van der Waals surface area contributed by atoms with Crippen LogP contribution >= 0.6 is 0 Å². The zero-order chi connectivity index (χ0) is 15.1. The topological polar surface area (TPSA) is 72.5 Å². The number of ether oxygens (including phenoxy) is 1. The molecule has 0 bridgehead atoms. The van der Waals surface area contributed by atoms with Crippen LogP contribution in [0.2, 0.25) is 0 Å². The molecule has 0 aliphatic rings. The molecule has 1 N–H and O–H groups in total. The number of hydrogen-bond acceptors (Lipinski definition) is 4. The molecule has 5 heteroatoms. The van der Waals surface area contributed by atoms with Crippen LogP contribution in [-0.4, -0.2) is 23.8 Å². The van der Waals surface area contributed by atoms with Gasteiger partial charge in [-0.2, -0.15) is 0 Å². The first-order valence-corrected chi connectivity index (χ1v) is 6.55. The second-order valence-corrected chi connectivity index (χ2v) is 4.51. The fourth-order valence-corrected chi connectivity index (χ4v) is 1.57. The summed E-state index contributed by atoms with van der Waals surface area (Å²) in [6.07, 6.45) is 0.0979. The summed E-state index contributed by atoms with van der Waals surface area (Å²) in [5.41, 5.74) is 1.01. The lowest BCUT2D eigenvalue weighted by molar-refractivity contribution is -0.153. The van der Waals surface area contributed by atoms with Gasteiger partial charge in [-0.1, -0.05) is 19.1 Å². The summed E-state index contributed by atoms with van der Waals surface area (Å²) < 4.78 is 4.98. The van der Waals surface area contributed by atoms with E-state index >= 15 is 0 Å². The Morgan fingerprint density at radius 1 is 1.30 bits per heavy atom. The van der Waals surface area contributed by atoms with E-state index in [-0.39, 0.29) is 12.2 Å². The molecule has 1 atom stereocenters. The molecule has 0 aliphatic heterocycles. The minimum absolute atomic E-state index is 0.0801. The van der Waals surface area contributed by atoms with Gasteiger partial charge in [-0.25, -0.2) is 0 Å². The first-order valence-electron chi connectivity index (χ1n) is 6.55. The van der Waals surface area contributed by atoms with Gasteiger partial charge in [0.05, 0.1) is 0 Å². The number of Topliss-reactive ketones (excluding diaryl/α,β-unsaturated/α-hetero) is 1. The third-order valence-electron chi connectivity index (χ3n) is 2.67. The maximum absolute atomic E-state index is 11.9. The van der Waals surface area contributed by atoms with Gasteiger partial charge in [-0.3, -0.25) is 14.4 Å². The normalized spacial score (nSPS) is 11.6. The van der Waals surface area contributed by atoms with Crippen molar-refractivity contribution < 1.29 is 19.1 Å². The van der Waals surface area contributed by atoms with Crippen LogP contribution in [-0.2, 0) is 14.3 Å². The Labute approximate surface area is 118 Å². The molecular formula is C15H19NO4. The van der Waals surface area contributed by atoms with Gasteiger partial charge in [0, 0.05) is 17.7 Å². The molecule has 108 valence electrons. The fourth-order valence-electron chi connectivity index (χ4n) is 1.57. The highest BCUT2D eigenvalue weighted by molar-refractivity contribution is 5.98. The van der Waals surface area contributed by atoms with E-state index < -0.39 is 18.0 Å². The minimum atomic E-state index is -0.866. The summed E-state index contributed by atoms with van der Waals surface area (Å²) in [6.45, 7) is 4.83. The highest BCUT2D eigenvalue weighted by Crippen LogP contribution is 2.12. The van der Waals surface area contributed by atoms with E-state index in [1.54, 1.807) is 24.3 Å². The zero-order valence-corrected chi connectivity index (χ0v) is 11.9. The van der Waals surface area contributed by atoms with Crippen molar-refractivity contribution in [2.45, 2.75) is 39.7 Å². The van der Waals surface area contributed by atoms with E-state index in [2.05, 4.69) is 5.32 Å². The Bertz CT molecular complexity index is 510. The smallest absolute Gasteiger partial charge is 0.306 e. The van der Waals surface area contributed by atoms with Crippen molar-refractivity contribution in [2.24, 2.45) is 0 Å². The lowest BCUT2D eigenvalue weighted by Crippen LogP contribution is -2.29. The van der Waals surface area contributed by atoms with Crippen molar-refractivity contribution >= 4 is 23.3 Å². The van der Waals surface area contributed by atoms with Crippen molar-refractivity contribution in [3.8, 4) is 0 Å². The van der Waals surface area contributed by atoms with E-state index in [1.807, 2.05) is 6.92 Å². The Morgan fingerprint density at radius 3 is 2.60 bits per heavy atom. The molecular weight excluding hydrogens is 258 g/mol. The average Bonchev–Trinajstić information content (AvgIpc) is 2.39. The quantitative estimate of drug-likeness (QED) is 0.640. The molecule has 0 spiro atoms. The number of amides is 1. The highest BCUT2D eigenvalue weighted by Gasteiger charge is 2.17.